The summed E-state index contributed by atoms with van der Waals surface area (Å²) in [5, 5.41) is 2.82. The molecule has 0 bridgehead atoms. The van der Waals surface area contributed by atoms with Crippen LogP contribution in [-0.4, -0.2) is 67.2 Å². The quantitative estimate of drug-likeness (QED) is 0.734. The number of H-pyrrole nitrogens is 1. The van der Waals surface area contributed by atoms with E-state index in [1.54, 1.807) is 0 Å². The number of nitrogens with one attached hydrogen (secondary N) is 2. The molecule has 1 amide bonds. The number of piperidine rings is 1. The Balaban J connectivity index is 1.34. The van der Waals surface area contributed by atoms with Gasteiger partial charge in [0.2, 0.25) is 15.9 Å². The van der Waals surface area contributed by atoms with Crippen LogP contribution in [0.5, 0.6) is 0 Å². The number of para-hydroxylation sites is 2. The predicted molar refractivity (Wildman–Crippen MR) is 98.2 cm³/mol. The number of aromatic amines is 1. The molecule has 0 aliphatic carbocycles. The van der Waals surface area contributed by atoms with Crippen molar-refractivity contribution in [2.45, 2.75) is 25.4 Å². The molecule has 2 aromatic rings. The molecule has 0 spiro atoms. The van der Waals surface area contributed by atoms with E-state index in [4.69, 9.17) is 4.74 Å². The van der Waals surface area contributed by atoms with Crippen LogP contribution in [0.2, 0.25) is 0 Å². The second kappa shape index (κ2) is 8.15. The number of carbonyl (C=O) groups excluding carboxylic acids is 1. The fraction of sp³-hybridized carbons (Fsp3) is 0.529. The molecule has 1 aromatic carbocycles. The van der Waals surface area contributed by atoms with Gasteiger partial charge in [-0.25, -0.2) is 17.7 Å². The summed E-state index contributed by atoms with van der Waals surface area (Å²) >= 11 is 0. The first-order chi connectivity index (χ1) is 12.4. The van der Waals surface area contributed by atoms with Crippen molar-refractivity contribution >= 4 is 27.0 Å². The highest BCUT2D eigenvalue weighted by atomic mass is 32.2. The van der Waals surface area contributed by atoms with Gasteiger partial charge in [0.05, 0.1) is 23.4 Å². The molecular formula is C17H24N4O4S. The van der Waals surface area contributed by atoms with E-state index in [9.17, 15) is 13.2 Å². The lowest BCUT2D eigenvalue weighted by molar-refractivity contribution is -0.128. The zero-order valence-corrected chi connectivity index (χ0v) is 15.6. The molecule has 0 atom stereocenters. The van der Waals surface area contributed by atoms with Crippen molar-refractivity contribution in [2.75, 3.05) is 32.5 Å². The summed E-state index contributed by atoms with van der Waals surface area (Å²) in [6, 6.07) is 7.79. The molecule has 2 N–H and O–H groups in total. The number of amides is 1. The summed E-state index contributed by atoms with van der Waals surface area (Å²) in [7, 11) is -3.14. The monoisotopic (exact) mass is 380 g/mol. The first-order valence-corrected chi connectivity index (χ1v) is 10.5. The van der Waals surface area contributed by atoms with Crippen LogP contribution in [0.1, 0.15) is 18.7 Å². The van der Waals surface area contributed by atoms with Crippen molar-refractivity contribution in [2.24, 2.45) is 0 Å². The number of fused-ring (bicyclic) bond motifs is 1. The maximum atomic E-state index is 11.9. The Labute approximate surface area is 153 Å². The molecule has 142 valence electrons. The summed E-state index contributed by atoms with van der Waals surface area (Å²) in [6.07, 6.45) is 2.98. The molecular weight excluding hydrogens is 356 g/mol. The van der Waals surface area contributed by atoms with Crippen LogP contribution in [0.4, 0.5) is 0 Å². The minimum Gasteiger partial charge on any atom is -0.368 e. The summed E-state index contributed by atoms with van der Waals surface area (Å²) in [4.78, 5) is 19.6. The highest BCUT2D eigenvalue weighted by Gasteiger charge is 2.25. The van der Waals surface area contributed by atoms with Crippen LogP contribution in [0.15, 0.2) is 24.3 Å². The third-order valence-electron chi connectivity index (χ3n) is 4.44. The number of ether oxygens (including phenoxy) is 1. The summed E-state index contributed by atoms with van der Waals surface area (Å²) in [6.45, 7) is 1.35. The fourth-order valence-corrected chi connectivity index (χ4v) is 3.89. The second-order valence-corrected chi connectivity index (χ2v) is 8.46. The molecule has 9 heteroatoms. The molecule has 2 heterocycles. The normalized spacial score (nSPS) is 16.8. The SMILES string of the molecule is CS(=O)(=O)N1CCC(OCC(=O)NCCc2nc3ccccc3[nH]2)CC1. The Hall–Kier alpha value is -1.97. The van der Waals surface area contributed by atoms with E-state index in [1.165, 1.54) is 10.6 Å². The van der Waals surface area contributed by atoms with E-state index in [1.807, 2.05) is 24.3 Å². The molecule has 1 aliphatic heterocycles. The smallest absolute Gasteiger partial charge is 0.246 e. The maximum absolute atomic E-state index is 11.9. The fourth-order valence-electron chi connectivity index (χ4n) is 3.02. The van der Waals surface area contributed by atoms with Crippen molar-refractivity contribution in [1.82, 2.24) is 19.6 Å². The summed E-state index contributed by atoms with van der Waals surface area (Å²) in [5.41, 5.74) is 1.90. The first-order valence-electron chi connectivity index (χ1n) is 8.69. The number of sulfonamides is 1. The van der Waals surface area contributed by atoms with Crippen molar-refractivity contribution < 1.29 is 17.9 Å². The molecule has 3 rings (SSSR count). The highest BCUT2D eigenvalue weighted by molar-refractivity contribution is 7.88. The van der Waals surface area contributed by atoms with Crippen LogP contribution in [0, 0.1) is 0 Å². The minimum absolute atomic E-state index is 0.0102. The standard InChI is InChI=1S/C17H24N4O4S/c1-26(23,24)21-10-7-13(8-11-21)25-12-17(22)18-9-6-16-19-14-4-2-3-5-15(14)20-16/h2-5,13H,6-12H2,1H3,(H,18,22)(H,19,20). The van der Waals surface area contributed by atoms with E-state index in [0.29, 0.717) is 38.9 Å². The van der Waals surface area contributed by atoms with Gasteiger partial charge in [0, 0.05) is 26.1 Å². The van der Waals surface area contributed by atoms with Gasteiger partial charge in [-0.05, 0) is 25.0 Å². The van der Waals surface area contributed by atoms with Gasteiger partial charge in [-0.1, -0.05) is 12.1 Å². The lowest BCUT2D eigenvalue weighted by atomic mass is 10.1. The highest BCUT2D eigenvalue weighted by Crippen LogP contribution is 2.15. The number of hydrogen-bond acceptors (Lipinski definition) is 5. The Kier molecular flexibility index (Phi) is 5.90. The van der Waals surface area contributed by atoms with Gasteiger partial charge in [-0.3, -0.25) is 4.79 Å². The van der Waals surface area contributed by atoms with E-state index < -0.39 is 10.0 Å². The molecule has 1 aromatic heterocycles. The molecule has 26 heavy (non-hydrogen) atoms. The van der Waals surface area contributed by atoms with E-state index in [-0.39, 0.29) is 18.6 Å². The van der Waals surface area contributed by atoms with E-state index in [2.05, 4.69) is 15.3 Å². The molecule has 1 saturated heterocycles. The van der Waals surface area contributed by atoms with Crippen LogP contribution >= 0.6 is 0 Å². The minimum atomic E-state index is -3.14. The van der Waals surface area contributed by atoms with E-state index in [0.717, 1.165) is 16.9 Å². The van der Waals surface area contributed by atoms with Crippen molar-refractivity contribution in [3.8, 4) is 0 Å². The van der Waals surface area contributed by atoms with Crippen LogP contribution < -0.4 is 5.32 Å². The van der Waals surface area contributed by atoms with Gasteiger partial charge < -0.3 is 15.0 Å². The number of carbonyl (C=O) groups is 1. The van der Waals surface area contributed by atoms with Crippen LogP contribution in [-0.2, 0) is 26.0 Å². The van der Waals surface area contributed by atoms with Crippen molar-refractivity contribution in [3.05, 3.63) is 30.1 Å². The first kappa shape index (κ1) is 18.8. The van der Waals surface area contributed by atoms with Gasteiger partial charge in [0.25, 0.3) is 0 Å². The molecule has 0 radical (unpaired) electrons. The molecule has 1 fully saturated rings. The number of aromatic nitrogens is 2. The van der Waals surface area contributed by atoms with E-state index >= 15 is 0 Å². The zero-order chi connectivity index (χ0) is 18.6. The average Bonchev–Trinajstić information content (AvgIpc) is 3.02. The van der Waals surface area contributed by atoms with Gasteiger partial charge in [-0.2, -0.15) is 0 Å². The Morgan fingerprint density at radius 3 is 2.77 bits per heavy atom. The lowest BCUT2D eigenvalue weighted by Gasteiger charge is -2.29. The van der Waals surface area contributed by atoms with Gasteiger partial charge >= 0.3 is 0 Å². The molecule has 0 unspecified atom stereocenters. The third-order valence-corrected chi connectivity index (χ3v) is 5.75. The number of rotatable bonds is 7. The molecule has 8 nitrogen and oxygen atoms in total. The molecule has 1 aliphatic rings. The van der Waals surface area contributed by atoms with Crippen molar-refractivity contribution in [3.63, 3.8) is 0 Å². The summed E-state index contributed by atoms with van der Waals surface area (Å²) < 4.78 is 30.0. The van der Waals surface area contributed by atoms with Gasteiger partial charge in [0.15, 0.2) is 0 Å². The third kappa shape index (κ3) is 5.03. The topological polar surface area (TPSA) is 104 Å². The van der Waals surface area contributed by atoms with Gasteiger partial charge in [0.1, 0.15) is 12.4 Å². The number of nitrogens with zero attached hydrogens (tertiary/aromatic N) is 2. The van der Waals surface area contributed by atoms with Crippen molar-refractivity contribution in [1.29, 1.82) is 0 Å². The Morgan fingerprint density at radius 2 is 2.08 bits per heavy atom. The molecule has 0 saturated carbocycles. The summed E-state index contributed by atoms with van der Waals surface area (Å²) in [5.74, 6) is 0.659. The Morgan fingerprint density at radius 1 is 1.35 bits per heavy atom. The second-order valence-electron chi connectivity index (χ2n) is 6.47. The number of benzene rings is 1. The average molecular weight is 380 g/mol. The Bertz CT molecular complexity index is 824. The largest absolute Gasteiger partial charge is 0.368 e. The predicted octanol–water partition coefficient (Wildman–Crippen LogP) is 0.662. The zero-order valence-electron chi connectivity index (χ0n) is 14.8. The van der Waals surface area contributed by atoms with Crippen LogP contribution in [0.3, 0.4) is 0 Å². The lowest BCUT2D eigenvalue weighted by Crippen LogP contribution is -2.41. The number of hydrogen-bond donors (Lipinski definition) is 2. The van der Waals surface area contributed by atoms with Crippen LogP contribution in [0.25, 0.3) is 11.0 Å². The maximum Gasteiger partial charge on any atom is 0.246 e. The van der Waals surface area contributed by atoms with Gasteiger partial charge in [-0.15, -0.1) is 0 Å². The number of imidazole rings is 1.